The van der Waals surface area contributed by atoms with Crippen LogP contribution < -0.4 is 4.72 Å². The molecule has 0 saturated heterocycles. The molecule has 152 valence electrons. The first-order valence-electron chi connectivity index (χ1n) is 9.00. The van der Waals surface area contributed by atoms with Gasteiger partial charge >= 0.3 is 5.97 Å². The maximum Gasteiger partial charge on any atom is 0.324 e. The van der Waals surface area contributed by atoms with Gasteiger partial charge in [0.2, 0.25) is 10.0 Å². The molecule has 0 bridgehead atoms. The fourth-order valence-corrected chi connectivity index (χ4v) is 3.88. The number of nitrogens with one attached hydrogen (secondary N) is 1. The number of halogens is 1. The van der Waals surface area contributed by atoms with Crippen LogP contribution in [0.2, 0.25) is 0 Å². The summed E-state index contributed by atoms with van der Waals surface area (Å²) in [6.07, 6.45) is 0. The molecule has 0 aromatic heterocycles. The van der Waals surface area contributed by atoms with Gasteiger partial charge in [0, 0.05) is 0 Å². The standard InChI is InChI=1S/C21H26FNO4S/c1-14(2)19(20(24)27-21(3,4)5)23-28(25,26)18-11-9-15(10-12-18)16-7-6-8-17(22)13-16/h6-14,19,23H,1-5H3/t19-/m0/s1. The SMILES string of the molecule is CC(C)[C@H](NS(=O)(=O)c1ccc(-c2cccc(F)c2)cc1)C(=O)OC(C)(C)C. The van der Waals surface area contributed by atoms with E-state index in [1.807, 2.05) is 0 Å². The number of hydrogen-bond acceptors (Lipinski definition) is 4. The van der Waals surface area contributed by atoms with E-state index < -0.39 is 27.6 Å². The van der Waals surface area contributed by atoms with E-state index in [-0.39, 0.29) is 16.6 Å². The second kappa shape index (κ2) is 8.41. The average Bonchev–Trinajstić information content (AvgIpc) is 2.58. The third kappa shape index (κ3) is 5.87. The molecule has 0 aliphatic carbocycles. The number of esters is 1. The van der Waals surface area contributed by atoms with Gasteiger partial charge < -0.3 is 4.74 Å². The predicted octanol–water partition coefficient (Wildman–Crippen LogP) is 4.14. The molecule has 0 heterocycles. The molecule has 28 heavy (non-hydrogen) atoms. The Bertz CT molecular complexity index is 932. The Balaban J connectivity index is 2.24. The molecule has 0 spiro atoms. The van der Waals surface area contributed by atoms with Gasteiger partial charge in [-0.05, 0) is 62.1 Å². The van der Waals surface area contributed by atoms with Crippen molar-refractivity contribution in [2.75, 3.05) is 0 Å². The van der Waals surface area contributed by atoms with Gasteiger partial charge in [-0.2, -0.15) is 4.72 Å². The minimum Gasteiger partial charge on any atom is -0.459 e. The first-order chi connectivity index (χ1) is 12.9. The van der Waals surface area contributed by atoms with Crippen LogP contribution in [0.4, 0.5) is 4.39 Å². The highest BCUT2D eigenvalue weighted by Gasteiger charge is 2.32. The lowest BCUT2D eigenvalue weighted by Crippen LogP contribution is -2.47. The van der Waals surface area contributed by atoms with Gasteiger partial charge in [-0.15, -0.1) is 0 Å². The normalized spacial score (nSPS) is 13.4. The Morgan fingerprint density at radius 3 is 2.14 bits per heavy atom. The lowest BCUT2D eigenvalue weighted by Gasteiger charge is -2.26. The van der Waals surface area contributed by atoms with Crippen molar-refractivity contribution in [2.24, 2.45) is 5.92 Å². The molecule has 0 aliphatic rings. The molecule has 1 N–H and O–H groups in total. The van der Waals surface area contributed by atoms with Crippen molar-refractivity contribution in [1.82, 2.24) is 4.72 Å². The quantitative estimate of drug-likeness (QED) is 0.731. The van der Waals surface area contributed by atoms with Crippen molar-refractivity contribution < 1.29 is 22.3 Å². The summed E-state index contributed by atoms with van der Waals surface area (Å²) in [4.78, 5) is 12.4. The summed E-state index contributed by atoms with van der Waals surface area (Å²) in [6, 6.07) is 11.1. The van der Waals surface area contributed by atoms with Gasteiger partial charge in [-0.3, -0.25) is 4.79 Å². The monoisotopic (exact) mass is 407 g/mol. The summed E-state index contributed by atoms with van der Waals surface area (Å²) in [5.41, 5.74) is 0.610. The van der Waals surface area contributed by atoms with E-state index in [1.165, 1.54) is 24.3 Å². The largest absolute Gasteiger partial charge is 0.459 e. The minimum absolute atomic E-state index is 0.0156. The van der Waals surface area contributed by atoms with Crippen molar-refractivity contribution >= 4 is 16.0 Å². The summed E-state index contributed by atoms with van der Waals surface area (Å²) in [5, 5.41) is 0. The third-order valence-corrected chi connectivity index (χ3v) is 5.39. The molecule has 0 fully saturated rings. The number of rotatable bonds is 6. The first-order valence-corrected chi connectivity index (χ1v) is 10.5. The molecule has 0 amide bonds. The number of sulfonamides is 1. The average molecular weight is 408 g/mol. The summed E-state index contributed by atoms with van der Waals surface area (Å²) in [6.45, 7) is 8.65. The number of carbonyl (C=O) groups is 1. The van der Waals surface area contributed by atoms with Crippen LogP contribution in [0.25, 0.3) is 11.1 Å². The van der Waals surface area contributed by atoms with Crippen LogP contribution in [-0.4, -0.2) is 26.0 Å². The molecule has 0 aliphatic heterocycles. The van der Waals surface area contributed by atoms with Crippen molar-refractivity contribution in [1.29, 1.82) is 0 Å². The van der Waals surface area contributed by atoms with Crippen LogP contribution in [0.3, 0.4) is 0 Å². The lowest BCUT2D eigenvalue weighted by atomic mass is 10.1. The Morgan fingerprint density at radius 1 is 1.04 bits per heavy atom. The molecule has 2 aromatic rings. The van der Waals surface area contributed by atoms with Crippen LogP contribution in [-0.2, 0) is 19.6 Å². The highest BCUT2D eigenvalue weighted by molar-refractivity contribution is 7.89. The molecule has 0 unspecified atom stereocenters. The second-order valence-corrected chi connectivity index (χ2v) is 9.63. The van der Waals surface area contributed by atoms with E-state index in [0.717, 1.165) is 0 Å². The van der Waals surface area contributed by atoms with E-state index in [9.17, 15) is 17.6 Å². The summed E-state index contributed by atoms with van der Waals surface area (Å²) in [7, 11) is -3.94. The third-order valence-electron chi connectivity index (χ3n) is 3.93. The zero-order chi connectivity index (χ0) is 21.1. The van der Waals surface area contributed by atoms with E-state index in [0.29, 0.717) is 11.1 Å². The van der Waals surface area contributed by atoms with Gasteiger partial charge in [0.1, 0.15) is 17.5 Å². The molecule has 5 nitrogen and oxygen atoms in total. The summed E-state index contributed by atoms with van der Waals surface area (Å²) < 4.78 is 46.6. The fourth-order valence-electron chi connectivity index (χ4n) is 2.55. The number of benzene rings is 2. The van der Waals surface area contributed by atoms with Crippen molar-refractivity contribution in [3.8, 4) is 11.1 Å². The lowest BCUT2D eigenvalue weighted by molar-refractivity contribution is -0.158. The Labute approximate surface area is 166 Å². The highest BCUT2D eigenvalue weighted by Crippen LogP contribution is 2.23. The van der Waals surface area contributed by atoms with Gasteiger partial charge in [0.25, 0.3) is 0 Å². The van der Waals surface area contributed by atoms with E-state index in [2.05, 4.69) is 4.72 Å². The molecular formula is C21H26FNO4S. The summed E-state index contributed by atoms with van der Waals surface area (Å²) in [5.74, 6) is -1.29. The second-order valence-electron chi connectivity index (χ2n) is 7.91. The van der Waals surface area contributed by atoms with Crippen LogP contribution in [0.5, 0.6) is 0 Å². The molecule has 2 rings (SSSR count). The summed E-state index contributed by atoms with van der Waals surface area (Å²) >= 11 is 0. The predicted molar refractivity (Wildman–Crippen MR) is 107 cm³/mol. The van der Waals surface area contributed by atoms with Crippen LogP contribution in [0.15, 0.2) is 53.4 Å². The molecule has 0 saturated carbocycles. The van der Waals surface area contributed by atoms with Crippen LogP contribution >= 0.6 is 0 Å². The van der Waals surface area contributed by atoms with E-state index >= 15 is 0 Å². The smallest absolute Gasteiger partial charge is 0.324 e. The minimum atomic E-state index is -3.94. The molecular weight excluding hydrogens is 381 g/mol. The Morgan fingerprint density at radius 2 is 1.64 bits per heavy atom. The topological polar surface area (TPSA) is 72.5 Å². The first kappa shape index (κ1) is 22.0. The molecule has 0 radical (unpaired) electrons. The molecule has 2 aromatic carbocycles. The van der Waals surface area contributed by atoms with E-state index in [1.54, 1.807) is 58.9 Å². The Kier molecular flexibility index (Phi) is 6.62. The maximum atomic E-state index is 13.4. The van der Waals surface area contributed by atoms with Crippen LogP contribution in [0.1, 0.15) is 34.6 Å². The van der Waals surface area contributed by atoms with Crippen molar-refractivity contribution in [3.05, 3.63) is 54.3 Å². The van der Waals surface area contributed by atoms with Gasteiger partial charge in [0.15, 0.2) is 0 Å². The molecule has 1 atom stereocenters. The molecule has 7 heteroatoms. The van der Waals surface area contributed by atoms with Gasteiger partial charge in [-0.1, -0.05) is 38.1 Å². The van der Waals surface area contributed by atoms with Crippen molar-refractivity contribution in [3.63, 3.8) is 0 Å². The number of ether oxygens (including phenoxy) is 1. The van der Waals surface area contributed by atoms with Gasteiger partial charge in [0.05, 0.1) is 4.90 Å². The van der Waals surface area contributed by atoms with E-state index in [4.69, 9.17) is 4.74 Å². The number of hydrogen-bond donors (Lipinski definition) is 1. The van der Waals surface area contributed by atoms with Crippen molar-refractivity contribution in [2.45, 2.75) is 51.2 Å². The highest BCUT2D eigenvalue weighted by atomic mass is 32.2. The zero-order valence-corrected chi connectivity index (χ0v) is 17.5. The number of carbonyl (C=O) groups excluding carboxylic acids is 1. The zero-order valence-electron chi connectivity index (χ0n) is 16.7. The Hall–Kier alpha value is -2.25. The van der Waals surface area contributed by atoms with Crippen LogP contribution in [0, 0.1) is 11.7 Å². The van der Waals surface area contributed by atoms with Gasteiger partial charge in [-0.25, -0.2) is 12.8 Å². The maximum absolute atomic E-state index is 13.4. The fraction of sp³-hybridized carbons (Fsp3) is 0.381.